The SMILES string of the molecule is CN1CCN(C2CC=c3cccc/c3=C3\C=CC(Cl)=CC3O2)CC1. The van der Waals surface area contributed by atoms with Crippen LogP contribution in [0.25, 0.3) is 11.6 Å². The molecule has 0 saturated carbocycles. The lowest BCUT2D eigenvalue weighted by molar-refractivity contribution is -0.0778. The molecule has 1 saturated heterocycles. The lowest BCUT2D eigenvalue weighted by Crippen LogP contribution is -2.51. The minimum absolute atomic E-state index is 0.0815. The van der Waals surface area contributed by atoms with Crippen LogP contribution in [0.1, 0.15) is 6.42 Å². The molecule has 4 heteroatoms. The summed E-state index contributed by atoms with van der Waals surface area (Å²) in [5.74, 6) is 0. The van der Waals surface area contributed by atoms with Crippen molar-refractivity contribution in [3.05, 3.63) is 58.0 Å². The second-order valence-electron chi connectivity index (χ2n) is 6.72. The molecule has 24 heavy (non-hydrogen) atoms. The Morgan fingerprint density at radius 1 is 1.08 bits per heavy atom. The minimum Gasteiger partial charge on any atom is -0.351 e. The summed E-state index contributed by atoms with van der Waals surface area (Å²) in [5, 5.41) is 3.29. The Kier molecular flexibility index (Phi) is 4.59. The number of allylic oxidation sites excluding steroid dienone is 2. The monoisotopic (exact) mass is 342 g/mol. The summed E-state index contributed by atoms with van der Waals surface area (Å²) < 4.78 is 6.52. The number of fused-ring (bicyclic) bond motifs is 2. The molecule has 126 valence electrons. The van der Waals surface area contributed by atoms with Gasteiger partial charge in [0, 0.05) is 37.6 Å². The van der Waals surface area contributed by atoms with Crippen molar-refractivity contribution in [2.45, 2.75) is 18.8 Å². The number of rotatable bonds is 1. The average Bonchev–Trinajstić information content (AvgIpc) is 2.58. The normalized spacial score (nSPS) is 30.5. The van der Waals surface area contributed by atoms with Crippen molar-refractivity contribution in [3.63, 3.8) is 0 Å². The van der Waals surface area contributed by atoms with E-state index in [0.717, 1.165) is 37.6 Å². The molecular formula is C20H23ClN2O. The van der Waals surface area contributed by atoms with Crippen LogP contribution in [0.5, 0.6) is 0 Å². The highest BCUT2D eigenvalue weighted by molar-refractivity contribution is 6.31. The van der Waals surface area contributed by atoms with Crippen LogP contribution in [0.15, 0.2) is 47.5 Å². The van der Waals surface area contributed by atoms with E-state index in [1.807, 2.05) is 12.2 Å². The number of likely N-dealkylation sites (N-methyl/N-ethyl adjacent to an activating group) is 1. The third-order valence-corrected chi connectivity index (χ3v) is 5.35. The largest absolute Gasteiger partial charge is 0.351 e. The van der Waals surface area contributed by atoms with Gasteiger partial charge in [-0.25, -0.2) is 0 Å². The molecule has 0 bridgehead atoms. The molecular weight excluding hydrogens is 320 g/mol. The first-order chi connectivity index (χ1) is 11.7. The van der Waals surface area contributed by atoms with Crippen LogP contribution in [-0.4, -0.2) is 55.4 Å². The van der Waals surface area contributed by atoms with E-state index in [0.29, 0.717) is 0 Å². The third-order valence-electron chi connectivity index (χ3n) is 5.10. The Balaban J connectivity index is 1.73. The van der Waals surface area contributed by atoms with Crippen LogP contribution in [0.3, 0.4) is 0 Å². The molecule has 0 aromatic heterocycles. The molecule has 0 N–H and O–H groups in total. The van der Waals surface area contributed by atoms with Gasteiger partial charge >= 0.3 is 0 Å². The van der Waals surface area contributed by atoms with Gasteiger partial charge in [0.1, 0.15) is 12.3 Å². The summed E-state index contributed by atoms with van der Waals surface area (Å²) in [4.78, 5) is 4.83. The van der Waals surface area contributed by atoms with E-state index in [9.17, 15) is 0 Å². The van der Waals surface area contributed by atoms with Gasteiger partial charge in [0.05, 0.1) is 0 Å². The molecule has 1 aromatic rings. The fourth-order valence-electron chi connectivity index (χ4n) is 3.65. The number of benzene rings is 1. The van der Waals surface area contributed by atoms with E-state index < -0.39 is 0 Å². The lowest BCUT2D eigenvalue weighted by Gasteiger charge is -2.39. The van der Waals surface area contributed by atoms with Crippen LogP contribution in [0.2, 0.25) is 0 Å². The first-order valence-electron chi connectivity index (χ1n) is 8.63. The Hall–Kier alpha value is -1.39. The molecule has 4 rings (SSSR count). The first kappa shape index (κ1) is 16.1. The van der Waals surface area contributed by atoms with Gasteiger partial charge in [-0.2, -0.15) is 0 Å². The van der Waals surface area contributed by atoms with Crippen LogP contribution < -0.4 is 10.4 Å². The Labute approximate surface area is 148 Å². The van der Waals surface area contributed by atoms with E-state index in [1.165, 1.54) is 16.0 Å². The molecule has 0 radical (unpaired) electrons. The van der Waals surface area contributed by atoms with Crippen molar-refractivity contribution in [1.29, 1.82) is 0 Å². The van der Waals surface area contributed by atoms with Gasteiger partial charge in [-0.05, 0) is 35.2 Å². The molecule has 1 fully saturated rings. The van der Waals surface area contributed by atoms with Gasteiger partial charge in [-0.3, -0.25) is 4.90 Å². The van der Waals surface area contributed by atoms with Crippen LogP contribution in [0.4, 0.5) is 0 Å². The van der Waals surface area contributed by atoms with Crippen LogP contribution in [0, 0.1) is 0 Å². The summed E-state index contributed by atoms with van der Waals surface area (Å²) in [5.41, 5.74) is 1.20. The van der Waals surface area contributed by atoms with Crippen molar-refractivity contribution in [1.82, 2.24) is 9.80 Å². The maximum Gasteiger partial charge on any atom is 0.115 e. The van der Waals surface area contributed by atoms with Gasteiger partial charge in [0.2, 0.25) is 0 Å². The number of hydrogen-bond acceptors (Lipinski definition) is 3. The summed E-state index contributed by atoms with van der Waals surface area (Å²) >= 11 is 6.26. The van der Waals surface area contributed by atoms with Crippen molar-refractivity contribution < 1.29 is 4.74 Å². The Bertz CT molecular complexity index is 790. The number of hydrogen-bond donors (Lipinski definition) is 0. The Morgan fingerprint density at radius 3 is 2.71 bits per heavy atom. The molecule has 1 aromatic carbocycles. The smallest absolute Gasteiger partial charge is 0.115 e. The molecule has 0 spiro atoms. The van der Waals surface area contributed by atoms with Crippen molar-refractivity contribution >= 4 is 23.3 Å². The molecule has 2 unspecified atom stereocenters. The first-order valence-corrected chi connectivity index (χ1v) is 9.01. The van der Waals surface area contributed by atoms with Crippen molar-refractivity contribution in [2.75, 3.05) is 33.2 Å². The maximum absolute atomic E-state index is 6.52. The van der Waals surface area contributed by atoms with Gasteiger partial charge < -0.3 is 9.64 Å². The predicted octanol–water partition coefficient (Wildman–Crippen LogP) is 1.67. The highest BCUT2D eigenvalue weighted by Gasteiger charge is 2.27. The quantitative estimate of drug-likeness (QED) is 0.772. The van der Waals surface area contributed by atoms with Gasteiger partial charge in [0.25, 0.3) is 0 Å². The maximum atomic E-state index is 6.52. The standard InChI is InChI=1S/C20H23ClN2O/c1-22-10-12-23(13-11-22)20-9-6-15-4-2-3-5-17(15)18-8-7-16(21)14-19(18)24-20/h2-8,14,19-20H,9-13H2,1H3/b15-6?,18-17-. The molecule has 2 heterocycles. The van der Waals surface area contributed by atoms with Crippen molar-refractivity contribution in [3.8, 4) is 0 Å². The zero-order valence-electron chi connectivity index (χ0n) is 14.0. The molecule has 0 amide bonds. The fourth-order valence-corrected chi connectivity index (χ4v) is 3.82. The molecule has 3 nitrogen and oxygen atoms in total. The second kappa shape index (κ2) is 6.85. The highest BCUT2D eigenvalue weighted by atomic mass is 35.5. The molecule has 1 aliphatic carbocycles. The van der Waals surface area contributed by atoms with E-state index >= 15 is 0 Å². The van der Waals surface area contributed by atoms with Crippen molar-refractivity contribution in [2.24, 2.45) is 0 Å². The van der Waals surface area contributed by atoms with E-state index in [4.69, 9.17) is 16.3 Å². The molecule has 2 atom stereocenters. The van der Waals surface area contributed by atoms with Gasteiger partial charge in [-0.1, -0.05) is 48.0 Å². The summed E-state index contributed by atoms with van der Waals surface area (Å²) in [6, 6.07) is 8.56. The van der Waals surface area contributed by atoms with E-state index in [-0.39, 0.29) is 12.3 Å². The molecule has 2 aliphatic heterocycles. The zero-order chi connectivity index (χ0) is 16.5. The van der Waals surface area contributed by atoms with Gasteiger partial charge in [-0.15, -0.1) is 0 Å². The highest BCUT2D eigenvalue weighted by Crippen LogP contribution is 2.25. The predicted molar refractivity (Wildman–Crippen MR) is 99.0 cm³/mol. The number of piperazine rings is 1. The number of ether oxygens (including phenoxy) is 1. The summed E-state index contributed by atoms with van der Waals surface area (Å²) in [6.45, 7) is 4.28. The lowest BCUT2D eigenvalue weighted by atomic mass is 9.98. The van der Waals surface area contributed by atoms with Gasteiger partial charge in [0.15, 0.2) is 0 Å². The third kappa shape index (κ3) is 3.22. The Morgan fingerprint density at radius 2 is 1.88 bits per heavy atom. The van der Waals surface area contributed by atoms with E-state index in [2.05, 4.69) is 53.3 Å². The molecule has 3 aliphatic rings. The number of nitrogens with zero attached hydrogens (tertiary/aromatic N) is 2. The van der Waals surface area contributed by atoms with Crippen LogP contribution >= 0.6 is 11.6 Å². The number of halogens is 1. The second-order valence-corrected chi connectivity index (χ2v) is 7.15. The fraction of sp³-hybridized carbons (Fsp3) is 0.400. The zero-order valence-corrected chi connectivity index (χ0v) is 14.7. The van der Waals surface area contributed by atoms with E-state index in [1.54, 1.807) is 0 Å². The summed E-state index contributed by atoms with van der Waals surface area (Å²) in [7, 11) is 2.18. The average molecular weight is 343 g/mol. The minimum atomic E-state index is -0.0815. The topological polar surface area (TPSA) is 15.7 Å². The van der Waals surface area contributed by atoms with Crippen LogP contribution in [-0.2, 0) is 4.74 Å². The summed E-state index contributed by atoms with van der Waals surface area (Å²) in [6.07, 6.45) is 9.32.